The molecule has 1 heterocycles. The smallest absolute Gasteiger partial charge is 0.317 e. The molecule has 16 heavy (non-hydrogen) atoms. The average Bonchev–Trinajstić information content (AvgIpc) is 2.29. The van der Waals surface area contributed by atoms with Crippen LogP contribution in [0.4, 0.5) is 4.39 Å². The van der Waals surface area contributed by atoms with Crippen molar-refractivity contribution in [1.29, 1.82) is 0 Å². The van der Waals surface area contributed by atoms with Crippen molar-refractivity contribution in [3.63, 3.8) is 0 Å². The van der Waals surface area contributed by atoms with Crippen molar-refractivity contribution in [2.75, 3.05) is 14.2 Å². The van der Waals surface area contributed by atoms with Gasteiger partial charge in [0, 0.05) is 0 Å². The monoisotopic (exact) mass is 223 g/mol. The van der Waals surface area contributed by atoms with E-state index in [2.05, 4.69) is 21.6 Å². The first kappa shape index (κ1) is 12.0. The second-order valence-corrected chi connectivity index (χ2v) is 2.77. The Bertz CT molecular complexity index is 448. The number of nitrogens with zero attached hydrogens (tertiary/aromatic N) is 1. The van der Waals surface area contributed by atoms with E-state index in [0.29, 0.717) is 5.56 Å². The van der Waals surface area contributed by atoms with Crippen molar-refractivity contribution < 1.29 is 18.7 Å². The van der Waals surface area contributed by atoms with E-state index < -0.39 is 11.8 Å². The van der Waals surface area contributed by atoms with E-state index in [9.17, 15) is 9.18 Å². The van der Waals surface area contributed by atoms with Gasteiger partial charge >= 0.3 is 5.97 Å². The van der Waals surface area contributed by atoms with Gasteiger partial charge in [-0.1, -0.05) is 11.8 Å². The van der Waals surface area contributed by atoms with E-state index in [-0.39, 0.29) is 12.3 Å². The van der Waals surface area contributed by atoms with Crippen LogP contribution >= 0.6 is 0 Å². The molecule has 0 saturated heterocycles. The number of aromatic nitrogens is 1. The lowest BCUT2D eigenvalue weighted by atomic mass is 10.2. The molecule has 0 aliphatic rings. The van der Waals surface area contributed by atoms with Crippen molar-refractivity contribution >= 4 is 5.97 Å². The predicted molar refractivity (Wildman–Crippen MR) is 54.3 cm³/mol. The highest BCUT2D eigenvalue weighted by atomic mass is 19.1. The summed E-state index contributed by atoms with van der Waals surface area (Å²) >= 11 is 0. The van der Waals surface area contributed by atoms with Crippen molar-refractivity contribution in [1.82, 2.24) is 4.98 Å². The Balaban J connectivity index is 2.86. The number of esters is 1. The summed E-state index contributed by atoms with van der Waals surface area (Å²) in [5, 5.41) is 0. The number of ether oxygens (including phenoxy) is 2. The summed E-state index contributed by atoms with van der Waals surface area (Å²) < 4.78 is 22.2. The number of pyridine rings is 1. The molecule has 0 spiro atoms. The third-order valence-electron chi connectivity index (χ3n) is 1.69. The fourth-order valence-electron chi connectivity index (χ4n) is 0.963. The lowest BCUT2D eigenvalue weighted by Gasteiger charge is -2.00. The lowest BCUT2D eigenvalue weighted by molar-refractivity contribution is -0.139. The number of carbonyl (C=O) groups excluding carboxylic acids is 1. The third-order valence-corrected chi connectivity index (χ3v) is 1.69. The van der Waals surface area contributed by atoms with Gasteiger partial charge in [0.1, 0.15) is 12.2 Å². The van der Waals surface area contributed by atoms with Crippen molar-refractivity contribution in [3.05, 3.63) is 23.6 Å². The molecular weight excluding hydrogens is 213 g/mol. The second kappa shape index (κ2) is 5.71. The summed E-state index contributed by atoms with van der Waals surface area (Å²) in [4.78, 5) is 14.5. The number of rotatable bonds is 2. The van der Waals surface area contributed by atoms with Crippen LogP contribution in [-0.2, 0) is 9.53 Å². The molecule has 4 nitrogen and oxygen atoms in total. The number of hydrogen-bond acceptors (Lipinski definition) is 4. The summed E-state index contributed by atoms with van der Waals surface area (Å²) in [6.45, 7) is 0. The molecule has 0 aromatic carbocycles. The maximum atomic E-state index is 12.9. The molecule has 0 N–H and O–H groups in total. The van der Waals surface area contributed by atoms with Crippen molar-refractivity contribution in [2.45, 2.75) is 6.42 Å². The normalized spacial score (nSPS) is 8.94. The zero-order valence-electron chi connectivity index (χ0n) is 8.91. The van der Waals surface area contributed by atoms with Crippen LogP contribution < -0.4 is 4.74 Å². The van der Waals surface area contributed by atoms with Gasteiger partial charge in [0.25, 0.3) is 0 Å². The molecule has 84 valence electrons. The topological polar surface area (TPSA) is 48.4 Å². The summed E-state index contributed by atoms with van der Waals surface area (Å²) in [5.41, 5.74) is 0.298. The van der Waals surface area contributed by atoms with Gasteiger partial charge in [0.15, 0.2) is 0 Å². The Morgan fingerprint density at radius 3 is 2.94 bits per heavy atom. The molecule has 0 unspecified atom stereocenters. The van der Waals surface area contributed by atoms with Gasteiger partial charge in [-0.15, -0.1) is 0 Å². The van der Waals surface area contributed by atoms with Gasteiger partial charge in [-0.3, -0.25) is 4.79 Å². The first-order valence-corrected chi connectivity index (χ1v) is 4.42. The highest BCUT2D eigenvalue weighted by Crippen LogP contribution is 2.13. The van der Waals surface area contributed by atoms with Crippen LogP contribution in [0.5, 0.6) is 5.88 Å². The molecule has 1 rings (SSSR count). The average molecular weight is 223 g/mol. The third kappa shape index (κ3) is 3.24. The van der Waals surface area contributed by atoms with Gasteiger partial charge in [0.05, 0.1) is 26.0 Å². The Morgan fingerprint density at radius 1 is 1.56 bits per heavy atom. The molecule has 0 aliphatic carbocycles. The van der Waals surface area contributed by atoms with Crippen LogP contribution in [0.2, 0.25) is 0 Å². The SMILES string of the molecule is COC(=O)CC#Cc1cc(F)cnc1OC. The van der Waals surface area contributed by atoms with E-state index in [0.717, 1.165) is 6.20 Å². The Hall–Kier alpha value is -2.09. The zero-order chi connectivity index (χ0) is 12.0. The molecule has 5 heteroatoms. The van der Waals surface area contributed by atoms with Gasteiger partial charge in [-0.25, -0.2) is 9.37 Å². The molecular formula is C11H10FNO3. The maximum Gasteiger partial charge on any atom is 0.317 e. The molecule has 1 aromatic heterocycles. The molecule has 0 radical (unpaired) electrons. The summed E-state index contributed by atoms with van der Waals surface area (Å²) in [6, 6.07) is 1.19. The molecule has 0 atom stereocenters. The van der Waals surface area contributed by atoms with Gasteiger partial charge in [-0.05, 0) is 6.07 Å². The minimum atomic E-state index is -0.511. The van der Waals surface area contributed by atoms with Crippen LogP contribution in [0, 0.1) is 17.7 Å². The Labute approximate surface area is 92.4 Å². The largest absolute Gasteiger partial charge is 0.480 e. The van der Waals surface area contributed by atoms with Crippen LogP contribution in [0.1, 0.15) is 12.0 Å². The van der Waals surface area contributed by atoms with Crippen LogP contribution in [0.25, 0.3) is 0 Å². The highest BCUT2D eigenvalue weighted by Gasteiger charge is 2.03. The lowest BCUT2D eigenvalue weighted by Crippen LogP contribution is -1.97. The maximum absolute atomic E-state index is 12.9. The minimum absolute atomic E-state index is 0.0594. The van der Waals surface area contributed by atoms with Gasteiger partial charge in [-0.2, -0.15) is 0 Å². The van der Waals surface area contributed by atoms with E-state index in [1.165, 1.54) is 20.3 Å². The van der Waals surface area contributed by atoms with E-state index in [1.54, 1.807) is 0 Å². The molecule has 0 fully saturated rings. The first-order valence-electron chi connectivity index (χ1n) is 4.42. The molecule has 0 amide bonds. The molecule has 0 saturated carbocycles. The molecule has 0 bridgehead atoms. The number of halogens is 1. The van der Waals surface area contributed by atoms with E-state index in [1.807, 2.05) is 0 Å². The molecule has 0 aliphatic heterocycles. The van der Waals surface area contributed by atoms with Crippen molar-refractivity contribution in [3.8, 4) is 17.7 Å². The minimum Gasteiger partial charge on any atom is -0.480 e. The summed E-state index contributed by atoms with van der Waals surface area (Å²) in [5.74, 6) is 4.40. The van der Waals surface area contributed by atoms with E-state index >= 15 is 0 Å². The first-order chi connectivity index (χ1) is 7.67. The number of methoxy groups -OCH3 is 2. The predicted octanol–water partition coefficient (Wildman–Crippen LogP) is 1.14. The number of hydrogen-bond donors (Lipinski definition) is 0. The Kier molecular flexibility index (Phi) is 4.28. The Morgan fingerprint density at radius 2 is 2.31 bits per heavy atom. The molecule has 1 aromatic rings. The highest BCUT2D eigenvalue weighted by molar-refractivity contribution is 5.72. The van der Waals surface area contributed by atoms with Crippen LogP contribution in [0.15, 0.2) is 12.3 Å². The van der Waals surface area contributed by atoms with Crippen molar-refractivity contribution in [2.24, 2.45) is 0 Å². The number of carbonyl (C=O) groups is 1. The fourth-order valence-corrected chi connectivity index (χ4v) is 0.963. The fraction of sp³-hybridized carbons (Fsp3) is 0.273. The van der Waals surface area contributed by atoms with Crippen LogP contribution in [-0.4, -0.2) is 25.2 Å². The zero-order valence-corrected chi connectivity index (χ0v) is 8.91. The van der Waals surface area contributed by atoms with Gasteiger partial charge < -0.3 is 9.47 Å². The summed E-state index contributed by atoms with van der Waals surface area (Å²) in [7, 11) is 2.68. The quantitative estimate of drug-likeness (QED) is 0.557. The van der Waals surface area contributed by atoms with Gasteiger partial charge in [0.2, 0.25) is 5.88 Å². The van der Waals surface area contributed by atoms with Crippen LogP contribution in [0.3, 0.4) is 0 Å². The van der Waals surface area contributed by atoms with E-state index in [4.69, 9.17) is 4.74 Å². The second-order valence-electron chi connectivity index (χ2n) is 2.77. The standard InChI is InChI=1S/C11H10FNO3/c1-15-10(14)5-3-4-8-6-9(12)7-13-11(8)16-2/h6-7H,5H2,1-2H3. The summed E-state index contributed by atoms with van der Waals surface area (Å²) in [6.07, 6.45) is 0.973.